The average Bonchev–Trinajstić information content (AvgIpc) is 2.59. The lowest BCUT2D eigenvalue weighted by Crippen LogP contribution is -2.00. The molecule has 0 saturated heterocycles. The van der Waals surface area contributed by atoms with Crippen molar-refractivity contribution in [2.45, 2.75) is 0 Å². The summed E-state index contributed by atoms with van der Waals surface area (Å²) >= 11 is 0. The number of rotatable bonds is 4. The van der Waals surface area contributed by atoms with Crippen molar-refractivity contribution in [3.8, 4) is 0 Å². The molecule has 0 saturated carbocycles. The van der Waals surface area contributed by atoms with Crippen LogP contribution in [0.2, 0.25) is 0 Å². The number of hydrogen-bond donors (Lipinski definition) is 2. The molecule has 3 rings (SSSR count). The monoisotopic (exact) mass is 337 g/mol. The summed E-state index contributed by atoms with van der Waals surface area (Å²) in [6, 6.07) is 11.3. The predicted molar refractivity (Wildman–Crippen MR) is 91.0 cm³/mol. The van der Waals surface area contributed by atoms with Gasteiger partial charge in [0.15, 0.2) is 0 Å². The maximum atomic E-state index is 13.4. The Morgan fingerprint density at radius 3 is 2.28 bits per heavy atom. The number of carboxylic acids is 2. The molecule has 0 unspecified atom stereocenters. The third-order valence-electron chi connectivity index (χ3n) is 3.63. The maximum Gasteiger partial charge on any atom is 0.336 e. The zero-order valence-corrected chi connectivity index (χ0v) is 12.8. The molecule has 2 aromatic carbocycles. The minimum absolute atomic E-state index is 0.0332. The Bertz CT molecular complexity index is 1010. The van der Waals surface area contributed by atoms with Crippen LogP contribution in [0.1, 0.15) is 32.0 Å². The minimum atomic E-state index is -1.13. The van der Waals surface area contributed by atoms with Crippen molar-refractivity contribution in [2.75, 3.05) is 0 Å². The molecule has 1 aromatic heterocycles. The fourth-order valence-corrected chi connectivity index (χ4v) is 2.40. The quantitative estimate of drug-likeness (QED) is 0.753. The van der Waals surface area contributed by atoms with Gasteiger partial charge >= 0.3 is 11.9 Å². The average molecular weight is 337 g/mol. The highest BCUT2D eigenvalue weighted by Crippen LogP contribution is 2.21. The van der Waals surface area contributed by atoms with E-state index in [1.807, 2.05) is 0 Å². The fraction of sp³-hybridized carbons (Fsp3) is 0. The van der Waals surface area contributed by atoms with Gasteiger partial charge in [-0.15, -0.1) is 0 Å². The first-order chi connectivity index (χ1) is 11.9. The molecule has 6 heteroatoms. The number of pyridine rings is 1. The second-order valence-electron chi connectivity index (χ2n) is 5.32. The van der Waals surface area contributed by atoms with Crippen molar-refractivity contribution in [2.24, 2.45) is 0 Å². The molecule has 2 N–H and O–H groups in total. The van der Waals surface area contributed by atoms with Crippen LogP contribution in [-0.2, 0) is 0 Å². The summed E-state index contributed by atoms with van der Waals surface area (Å²) < 4.78 is 13.4. The van der Waals surface area contributed by atoms with E-state index in [2.05, 4.69) is 4.98 Å². The van der Waals surface area contributed by atoms with Crippen molar-refractivity contribution < 1.29 is 24.2 Å². The number of benzene rings is 2. The summed E-state index contributed by atoms with van der Waals surface area (Å²) in [5.41, 5.74) is 1.54. The minimum Gasteiger partial charge on any atom is -0.478 e. The molecular formula is C19H12FNO4. The number of nitrogens with zero attached hydrogens (tertiary/aromatic N) is 1. The molecule has 0 spiro atoms. The van der Waals surface area contributed by atoms with Gasteiger partial charge in [0, 0.05) is 11.5 Å². The molecule has 3 aromatic rings. The predicted octanol–water partition coefficient (Wildman–Crippen LogP) is 3.94. The van der Waals surface area contributed by atoms with E-state index in [-0.39, 0.29) is 16.6 Å². The SMILES string of the molecule is O=C(O)c1ccc(/C=C/c2cc(C(=O)O)c3ccc(F)cc3n2)cc1. The number of carboxylic acid groups (broad SMARTS) is 2. The number of hydrogen-bond acceptors (Lipinski definition) is 3. The molecule has 0 aliphatic carbocycles. The zero-order valence-electron chi connectivity index (χ0n) is 12.8. The van der Waals surface area contributed by atoms with Gasteiger partial charge in [0.2, 0.25) is 0 Å². The van der Waals surface area contributed by atoms with Gasteiger partial charge in [-0.3, -0.25) is 0 Å². The van der Waals surface area contributed by atoms with Crippen molar-refractivity contribution in [1.82, 2.24) is 4.98 Å². The molecular weight excluding hydrogens is 325 g/mol. The van der Waals surface area contributed by atoms with Crippen LogP contribution in [0.3, 0.4) is 0 Å². The molecule has 25 heavy (non-hydrogen) atoms. The molecule has 0 aliphatic heterocycles. The van der Waals surface area contributed by atoms with E-state index < -0.39 is 17.8 Å². The van der Waals surface area contributed by atoms with Gasteiger partial charge in [0.05, 0.1) is 22.3 Å². The van der Waals surface area contributed by atoms with Crippen molar-refractivity contribution in [3.05, 3.63) is 76.7 Å². The maximum absolute atomic E-state index is 13.4. The van der Waals surface area contributed by atoms with Gasteiger partial charge in [-0.05, 0) is 42.0 Å². The number of carbonyl (C=O) groups is 2. The van der Waals surface area contributed by atoms with Crippen LogP contribution in [0.15, 0.2) is 48.5 Å². The van der Waals surface area contributed by atoms with Gasteiger partial charge < -0.3 is 10.2 Å². The molecule has 1 heterocycles. The number of fused-ring (bicyclic) bond motifs is 1. The standard InChI is InChI=1S/C19H12FNO4/c20-13-6-8-15-16(19(24)25)10-14(21-17(15)9-13)7-3-11-1-4-12(5-2-11)18(22)23/h1-10H,(H,22,23)(H,24,25)/b7-3+. The Morgan fingerprint density at radius 2 is 1.64 bits per heavy atom. The van der Waals surface area contributed by atoms with Gasteiger partial charge in [0.25, 0.3) is 0 Å². The first-order valence-electron chi connectivity index (χ1n) is 7.29. The lowest BCUT2D eigenvalue weighted by atomic mass is 10.1. The fourth-order valence-electron chi connectivity index (χ4n) is 2.40. The number of aromatic nitrogens is 1. The van der Waals surface area contributed by atoms with Crippen LogP contribution < -0.4 is 0 Å². The van der Waals surface area contributed by atoms with Crippen LogP contribution in [0, 0.1) is 5.82 Å². The first kappa shape index (κ1) is 16.3. The van der Waals surface area contributed by atoms with E-state index in [1.165, 1.54) is 36.4 Å². The summed E-state index contributed by atoms with van der Waals surface area (Å²) in [5, 5.41) is 18.6. The molecule has 5 nitrogen and oxygen atoms in total. The summed E-state index contributed by atoms with van der Waals surface area (Å²) in [6.07, 6.45) is 3.26. The highest BCUT2D eigenvalue weighted by atomic mass is 19.1. The molecule has 0 amide bonds. The van der Waals surface area contributed by atoms with E-state index in [1.54, 1.807) is 24.3 Å². The molecule has 0 radical (unpaired) electrons. The Balaban J connectivity index is 2.00. The van der Waals surface area contributed by atoms with Crippen molar-refractivity contribution in [3.63, 3.8) is 0 Å². The van der Waals surface area contributed by atoms with E-state index in [0.717, 1.165) is 5.56 Å². The number of halogens is 1. The van der Waals surface area contributed by atoms with Crippen LogP contribution in [0.4, 0.5) is 4.39 Å². The Kier molecular flexibility index (Phi) is 4.26. The number of aromatic carboxylic acids is 2. The second-order valence-corrected chi connectivity index (χ2v) is 5.32. The molecule has 0 atom stereocenters. The summed E-state index contributed by atoms with van der Waals surface area (Å²) in [5.74, 6) is -2.64. The van der Waals surface area contributed by atoms with Gasteiger partial charge in [-0.25, -0.2) is 19.0 Å². The van der Waals surface area contributed by atoms with Crippen LogP contribution >= 0.6 is 0 Å². The van der Waals surface area contributed by atoms with E-state index in [0.29, 0.717) is 11.1 Å². The normalized spacial score (nSPS) is 11.1. The van der Waals surface area contributed by atoms with Gasteiger partial charge in [-0.1, -0.05) is 18.2 Å². The molecule has 124 valence electrons. The van der Waals surface area contributed by atoms with Crippen LogP contribution in [-0.4, -0.2) is 27.1 Å². The first-order valence-corrected chi connectivity index (χ1v) is 7.29. The molecule has 0 bridgehead atoms. The Morgan fingerprint density at radius 1 is 0.920 bits per heavy atom. The smallest absolute Gasteiger partial charge is 0.336 e. The molecule has 0 aliphatic rings. The second kappa shape index (κ2) is 6.52. The third kappa shape index (κ3) is 3.53. The lowest BCUT2D eigenvalue weighted by molar-refractivity contribution is 0.0687. The van der Waals surface area contributed by atoms with Crippen LogP contribution in [0.25, 0.3) is 23.1 Å². The molecule has 0 fully saturated rings. The van der Waals surface area contributed by atoms with E-state index >= 15 is 0 Å². The third-order valence-corrected chi connectivity index (χ3v) is 3.63. The summed E-state index contributed by atoms with van der Waals surface area (Å²) in [4.78, 5) is 26.5. The van der Waals surface area contributed by atoms with Gasteiger partial charge in [-0.2, -0.15) is 0 Å². The summed E-state index contributed by atoms with van der Waals surface area (Å²) in [6.45, 7) is 0. The summed E-state index contributed by atoms with van der Waals surface area (Å²) in [7, 11) is 0. The largest absolute Gasteiger partial charge is 0.478 e. The van der Waals surface area contributed by atoms with Gasteiger partial charge in [0.1, 0.15) is 5.82 Å². The lowest BCUT2D eigenvalue weighted by Gasteiger charge is -2.04. The van der Waals surface area contributed by atoms with Crippen molar-refractivity contribution >= 4 is 35.0 Å². The topological polar surface area (TPSA) is 87.5 Å². The Labute approximate surface area is 141 Å². The highest BCUT2D eigenvalue weighted by molar-refractivity contribution is 6.03. The van der Waals surface area contributed by atoms with E-state index in [4.69, 9.17) is 5.11 Å². The van der Waals surface area contributed by atoms with Crippen molar-refractivity contribution in [1.29, 1.82) is 0 Å². The van der Waals surface area contributed by atoms with Crippen LogP contribution in [0.5, 0.6) is 0 Å². The zero-order chi connectivity index (χ0) is 18.0. The highest BCUT2D eigenvalue weighted by Gasteiger charge is 2.11. The Hall–Kier alpha value is -3.54. The van der Waals surface area contributed by atoms with E-state index in [9.17, 15) is 19.1 Å².